The number of aromatic nitrogens is 1. The van der Waals surface area contributed by atoms with Gasteiger partial charge in [-0.25, -0.2) is 4.39 Å². The van der Waals surface area contributed by atoms with E-state index in [2.05, 4.69) is 4.99 Å². The van der Waals surface area contributed by atoms with Gasteiger partial charge in [-0.2, -0.15) is 4.99 Å². The Morgan fingerprint density at radius 2 is 2.10 bits per heavy atom. The number of rotatable bonds is 6. The highest BCUT2D eigenvalue weighted by Gasteiger charge is 2.15. The van der Waals surface area contributed by atoms with Crippen molar-refractivity contribution >= 4 is 55.8 Å². The minimum absolute atomic E-state index is 0.0405. The summed E-state index contributed by atoms with van der Waals surface area (Å²) in [4.78, 5) is 39.0. The number of ether oxygens (including phenoxy) is 1. The summed E-state index contributed by atoms with van der Waals surface area (Å²) < 4.78 is 21.1. The Hall–Kier alpha value is -3.18. The molecule has 0 unspecified atom stereocenters. The maximum Gasteiger partial charge on any atom is 0.326 e. The summed E-state index contributed by atoms with van der Waals surface area (Å²) in [5.74, 6) is -1.77. The van der Waals surface area contributed by atoms with Crippen molar-refractivity contribution in [3.63, 3.8) is 0 Å². The largest absolute Gasteiger partial charge is 0.465 e. The van der Waals surface area contributed by atoms with Crippen LogP contribution in [0, 0.1) is 15.9 Å². The van der Waals surface area contributed by atoms with E-state index in [-0.39, 0.29) is 28.5 Å². The Morgan fingerprint density at radius 3 is 2.79 bits per heavy atom. The Labute approximate surface area is 171 Å². The van der Waals surface area contributed by atoms with Gasteiger partial charge in [-0.15, -0.1) is 0 Å². The van der Waals surface area contributed by atoms with Crippen molar-refractivity contribution in [2.75, 3.05) is 6.61 Å². The zero-order chi connectivity index (χ0) is 21.0. The lowest BCUT2D eigenvalue weighted by Gasteiger charge is -2.05. The molecule has 3 aromatic rings. The monoisotopic (exact) mass is 435 g/mol. The van der Waals surface area contributed by atoms with Gasteiger partial charge >= 0.3 is 11.0 Å². The number of nitro groups is 1. The van der Waals surface area contributed by atoms with Crippen molar-refractivity contribution in [3.05, 3.63) is 62.0 Å². The molecule has 0 atom stereocenters. The standard InChI is InChI=1S/C18H14FN3O5S2/c1-2-27-16(24)10-21-17-12(19)4-3-5-13(17)29-18(21)20-14(23)8-6-11-7-9-15(28-11)22(25)26/h3-9H,2,10H2,1H3. The molecule has 0 aliphatic heterocycles. The van der Waals surface area contributed by atoms with Crippen LogP contribution in [-0.2, 0) is 20.9 Å². The summed E-state index contributed by atoms with van der Waals surface area (Å²) in [5, 5.41) is 10.7. The van der Waals surface area contributed by atoms with Gasteiger partial charge in [-0.3, -0.25) is 19.7 Å². The van der Waals surface area contributed by atoms with Gasteiger partial charge in [-0.05, 0) is 31.2 Å². The Bertz CT molecular complexity index is 1190. The molecule has 0 saturated heterocycles. The van der Waals surface area contributed by atoms with Gasteiger partial charge in [0.05, 0.1) is 21.7 Å². The van der Waals surface area contributed by atoms with E-state index in [4.69, 9.17) is 4.74 Å². The summed E-state index contributed by atoms with van der Waals surface area (Å²) in [6.07, 6.45) is 2.57. The molecule has 2 aromatic heterocycles. The first-order valence-electron chi connectivity index (χ1n) is 8.33. The number of carbonyl (C=O) groups is 2. The summed E-state index contributed by atoms with van der Waals surface area (Å²) in [5.41, 5.74) is 0.162. The van der Waals surface area contributed by atoms with E-state index in [0.717, 1.165) is 28.7 Å². The van der Waals surface area contributed by atoms with Crippen molar-refractivity contribution in [2.24, 2.45) is 4.99 Å². The van der Waals surface area contributed by atoms with Crippen LogP contribution in [0.15, 0.2) is 41.4 Å². The Morgan fingerprint density at radius 1 is 1.31 bits per heavy atom. The van der Waals surface area contributed by atoms with Crippen LogP contribution in [0.3, 0.4) is 0 Å². The fourth-order valence-electron chi connectivity index (χ4n) is 2.47. The molecule has 0 radical (unpaired) electrons. The average molecular weight is 435 g/mol. The molecule has 0 aliphatic rings. The minimum Gasteiger partial charge on any atom is -0.465 e. The average Bonchev–Trinajstić information content (AvgIpc) is 3.26. The fourth-order valence-corrected chi connectivity index (χ4v) is 4.24. The predicted octanol–water partition coefficient (Wildman–Crippen LogP) is 3.52. The molecule has 0 N–H and O–H groups in total. The lowest BCUT2D eigenvalue weighted by Crippen LogP contribution is -2.23. The van der Waals surface area contributed by atoms with Crippen LogP contribution >= 0.6 is 22.7 Å². The molecule has 0 bridgehead atoms. The van der Waals surface area contributed by atoms with Crippen molar-refractivity contribution in [3.8, 4) is 0 Å². The molecule has 2 heterocycles. The van der Waals surface area contributed by atoms with Crippen LogP contribution in [0.5, 0.6) is 0 Å². The molecular weight excluding hydrogens is 421 g/mol. The molecular formula is C18H14FN3O5S2. The number of thiazole rings is 1. The quantitative estimate of drug-likeness (QED) is 0.255. The molecule has 0 aliphatic carbocycles. The Kier molecular flexibility index (Phi) is 6.29. The summed E-state index contributed by atoms with van der Waals surface area (Å²) >= 11 is 1.98. The molecule has 8 nitrogen and oxygen atoms in total. The first-order valence-corrected chi connectivity index (χ1v) is 9.96. The van der Waals surface area contributed by atoms with Crippen LogP contribution in [0.1, 0.15) is 11.8 Å². The first-order chi connectivity index (χ1) is 13.9. The highest BCUT2D eigenvalue weighted by atomic mass is 32.1. The molecule has 11 heteroatoms. The van der Waals surface area contributed by atoms with Crippen molar-refractivity contribution < 1.29 is 23.6 Å². The zero-order valence-electron chi connectivity index (χ0n) is 15.0. The molecule has 3 rings (SSSR count). The third kappa shape index (κ3) is 4.81. The minimum atomic E-state index is -0.648. The van der Waals surface area contributed by atoms with Crippen molar-refractivity contribution in [1.82, 2.24) is 4.57 Å². The lowest BCUT2D eigenvalue weighted by atomic mass is 10.3. The number of para-hydroxylation sites is 1. The van der Waals surface area contributed by atoms with Gasteiger partial charge in [0.15, 0.2) is 4.80 Å². The molecule has 0 saturated carbocycles. The second kappa shape index (κ2) is 8.88. The number of hydrogen-bond donors (Lipinski definition) is 0. The van der Waals surface area contributed by atoms with Gasteiger partial charge in [0.1, 0.15) is 12.4 Å². The number of thiophene rings is 1. The normalized spacial score (nSPS) is 12.0. The number of nitrogens with zero attached hydrogens (tertiary/aromatic N) is 3. The maximum absolute atomic E-state index is 14.3. The second-order valence-electron chi connectivity index (χ2n) is 5.58. The number of benzene rings is 1. The van der Waals surface area contributed by atoms with E-state index in [1.165, 1.54) is 34.9 Å². The first kappa shape index (κ1) is 20.6. The third-order valence-electron chi connectivity index (χ3n) is 3.63. The van der Waals surface area contributed by atoms with E-state index >= 15 is 0 Å². The van der Waals surface area contributed by atoms with Gasteiger partial charge < -0.3 is 9.30 Å². The molecule has 150 valence electrons. The zero-order valence-corrected chi connectivity index (χ0v) is 16.7. The topological polar surface area (TPSA) is 104 Å². The number of carbonyl (C=O) groups excluding carboxylic acids is 2. The van der Waals surface area contributed by atoms with Crippen LogP contribution in [0.4, 0.5) is 9.39 Å². The van der Waals surface area contributed by atoms with Crippen LogP contribution < -0.4 is 4.80 Å². The molecule has 1 aromatic carbocycles. The number of amides is 1. The van der Waals surface area contributed by atoms with Crippen molar-refractivity contribution in [2.45, 2.75) is 13.5 Å². The second-order valence-corrected chi connectivity index (χ2v) is 7.68. The smallest absolute Gasteiger partial charge is 0.326 e. The van der Waals surface area contributed by atoms with Gasteiger partial charge in [0.2, 0.25) is 0 Å². The number of hydrogen-bond acceptors (Lipinski definition) is 7. The van der Waals surface area contributed by atoms with Crippen LogP contribution in [0.25, 0.3) is 16.3 Å². The summed E-state index contributed by atoms with van der Waals surface area (Å²) in [7, 11) is 0. The fraction of sp³-hybridized carbons (Fsp3) is 0.167. The highest BCUT2D eigenvalue weighted by molar-refractivity contribution is 7.16. The molecule has 29 heavy (non-hydrogen) atoms. The lowest BCUT2D eigenvalue weighted by molar-refractivity contribution is -0.380. The van der Waals surface area contributed by atoms with Crippen LogP contribution in [0.2, 0.25) is 0 Å². The molecule has 0 fully saturated rings. The van der Waals surface area contributed by atoms with E-state index in [1.807, 2.05) is 0 Å². The summed E-state index contributed by atoms with van der Waals surface area (Å²) in [6, 6.07) is 7.30. The highest BCUT2D eigenvalue weighted by Crippen LogP contribution is 2.25. The van der Waals surface area contributed by atoms with Gasteiger partial charge in [0, 0.05) is 17.0 Å². The van der Waals surface area contributed by atoms with E-state index in [0.29, 0.717) is 9.58 Å². The van der Waals surface area contributed by atoms with E-state index in [1.54, 1.807) is 13.0 Å². The van der Waals surface area contributed by atoms with E-state index < -0.39 is 22.6 Å². The SMILES string of the molecule is CCOC(=O)Cn1c(=NC(=O)C=Cc2ccc([N+](=O)[O-])s2)sc2cccc(F)c21. The predicted molar refractivity (Wildman–Crippen MR) is 107 cm³/mol. The maximum atomic E-state index is 14.3. The summed E-state index contributed by atoms with van der Waals surface area (Å²) in [6.45, 7) is 1.54. The Balaban J connectivity index is 1.96. The van der Waals surface area contributed by atoms with E-state index in [9.17, 15) is 24.1 Å². The van der Waals surface area contributed by atoms with Crippen molar-refractivity contribution in [1.29, 1.82) is 0 Å². The number of fused-ring (bicyclic) bond motifs is 1. The van der Waals surface area contributed by atoms with Gasteiger partial charge in [-0.1, -0.05) is 28.7 Å². The van der Waals surface area contributed by atoms with Crippen LogP contribution in [-0.4, -0.2) is 28.0 Å². The number of halogens is 1. The number of esters is 1. The molecule has 1 amide bonds. The molecule has 0 spiro atoms. The van der Waals surface area contributed by atoms with Gasteiger partial charge in [0.25, 0.3) is 5.91 Å². The third-order valence-corrected chi connectivity index (χ3v) is 5.68.